The number of esters is 2. The second kappa shape index (κ2) is 12.6. The van der Waals surface area contributed by atoms with Crippen molar-refractivity contribution >= 4 is 29.4 Å². The predicted molar refractivity (Wildman–Crippen MR) is 161 cm³/mol. The minimum Gasteiger partial charge on any atom is -0.463 e. The molecule has 2 aromatic heterocycles. The Kier molecular flexibility index (Phi) is 8.68. The number of furan rings is 1. The fourth-order valence-electron chi connectivity index (χ4n) is 4.73. The Hall–Kier alpha value is -4.50. The molecule has 2 aromatic carbocycles. The van der Waals surface area contributed by atoms with E-state index in [4.69, 9.17) is 13.9 Å². The molecule has 0 aliphatic carbocycles. The van der Waals surface area contributed by atoms with Crippen LogP contribution in [0, 0.1) is 6.92 Å². The predicted octanol–water partition coefficient (Wildman–Crippen LogP) is 5.32. The van der Waals surface area contributed by atoms with Crippen LogP contribution in [0.3, 0.4) is 0 Å². The van der Waals surface area contributed by atoms with E-state index in [0.717, 1.165) is 29.5 Å². The van der Waals surface area contributed by atoms with E-state index in [1.54, 1.807) is 54.8 Å². The van der Waals surface area contributed by atoms with E-state index in [1.807, 2.05) is 44.2 Å². The quantitative estimate of drug-likeness (QED) is 0.195. The van der Waals surface area contributed by atoms with Crippen LogP contribution in [0.15, 0.2) is 86.1 Å². The summed E-state index contributed by atoms with van der Waals surface area (Å²) in [7, 11) is 0. The van der Waals surface area contributed by atoms with E-state index in [9.17, 15) is 14.4 Å². The largest absolute Gasteiger partial charge is 0.463 e. The van der Waals surface area contributed by atoms with Crippen LogP contribution < -0.4 is 14.9 Å². The maximum atomic E-state index is 13.8. The van der Waals surface area contributed by atoms with Gasteiger partial charge in [0.2, 0.25) is 0 Å². The molecule has 4 aromatic rings. The monoisotopic (exact) mass is 584 g/mol. The van der Waals surface area contributed by atoms with E-state index in [0.29, 0.717) is 44.3 Å². The molecular weight excluding hydrogens is 552 g/mol. The van der Waals surface area contributed by atoms with Gasteiger partial charge in [-0.2, -0.15) is 0 Å². The molecule has 0 N–H and O–H groups in total. The number of unbranched alkanes of at least 4 members (excludes halogenated alkanes) is 1. The lowest BCUT2D eigenvalue weighted by atomic mass is 9.95. The Morgan fingerprint density at radius 3 is 2.40 bits per heavy atom. The Morgan fingerprint density at radius 1 is 0.976 bits per heavy atom. The summed E-state index contributed by atoms with van der Waals surface area (Å²) >= 11 is 1.24. The van der Waals surface area contributed by atoms with Gasteiger partial charge in [-0.1, -0.05) is 66.6 Å². The highest BCUT2D eigenvalue weighted by molar-refractivity contribution is 7.07. The van der Waals surface area contributed by atoms with Gasteiger partial charge < -0.3 is 13.9 Å². The number of carbonyl (C=O) groups is 2. The second-order valence-electron chi connectivity index (χ2n) is 9.98. The van der Waals surface area contributed by atoms with Gasteiger partial charge in [-0.15, -0.1) is 0 Å². The normalized spacial score (nSPS) is 14.9. The molecule has 216 valence electrons. The number of thiazole rings is 1. The molecule has 3 heterocycles. The van der Waals surface area contributed by atoms with Gasteiger partial charge in [0, 0.05) is 11.6 Å². The summed E-state index contributed by atoms with van der Waals surface area (Å²) in [5, 5.41) is 0. The molecule has 0 saturated carbocycles. The number of aryl methyl sites for hydroxylation is 1. The highest BCUT2D eigenvalue weighted by atomic mass is 32.1. The van der Waals surface area contributed by atoms with Crippen molar-refractivity contribution in [3.8, 4) is 11.3 Å². The van der Waals surface area contributed by atoms with Crippen LogP contribution in [0.25, 0.3) is 17.4 Å². The number of hydrogen-bond donors (Lipinski definition) is 0. The summed E-state index contributed by atoms with van der Waals surface area (Å²) in [6, 6.07) is 17.7. The summed E-state index contributed by atoms with van der Waals surface area (Å²) in [5.41, 5.74) is 3.71. The van der Waals surface area contributed by atoms with Crippen LogP contribution in [-0.4, -0.2) is 29.7 Å². The van der Waals surface area contributed by atoms with Crippen molar-refractivity contribution in [2.24, 2.45) is 4.99 Å². The number of allylic oxidation sites excluding steroid dienone is 1. The first kappa shape index (κ1) is 29.0. The van der Waals surface area contributed by atoms with Crippen molar-refractivity contribution in [1.82, 2.24) is 4.57 Å². The first-order valence-electron chi connectivity index (χ1n) is 13.9. The third-order valence-electron chi connectivity index (χ3n) is 6.95. The minimum absolute atomic E-state index is 0.216. The number of fused-ring (bicyclic) bond motifs is 1. The van der Waals surface area contributed by atoms with Crippen LogP contribution in [-0.2, 0) is 14.3 Å². The molecule has 0 unspecified atom stereocenters. The first-order valence-corrected chi connectivity index (χ1v) is 14.8. The van der Waals surface area contributed by atoms with Gasteiger partial charge in [-0.25, -0.2) is 14.6 Å². The van der Waals surface area contributed by atoms with Crippen molar-refractivity contribution in [2.75, 3.05) is 13.2 Å². The topological polar surface area (TPSA) is 100 Å². The summed E-state index contributed by atoms with van der Waals surface area (Å²) in [6.07, 6.45) is 3.47. The molecule has 1 atom stereocenters. The minimum atomic E-state index is -0.664. The molecule has 9 heteroatoms. The standard InChI is InChI=1S/C33H32N2O6S/c1-5-7-18-40-31(37)24-14-12-22(13-15-24)26-17-16-25(41-26)19-27-30(36)35-29(23-10-8-20(3)9-11-23)28(32(38)39-6-2)21(4)34-33(35)42-27/h8-17,19,29H,5-7,18H2,1-4H3/b27-19-/t29-/m0/s1. The van der Waals surface area contributed by atoms with Crippen LogP contribution in [0.4, 0.5) is 0 Å². The number of ether oxygens (including phenoxy) is 2. The summed E-state index contributed by atoms with van der Waals surface area (Å²) in [5.74, 6) is 0.245. The molecule has 42 heavy (non-hydrogen) atoms. The van der Waals surface area contributed by atoms with Gasteiger partial charge in [-0.05, 0) is 57.0 Å². The third-order valence-corrected chi connectivity index (χ3v) is 7.93. The van der Waals surface area contributed by atoms with Crippen LogP contribution >= 0.6 is 11.3 Å². The molecule has 0 spiro atoms. The first-order chi connectivity index (χ1) is 20.3. The fourth-order valence-corrected chi connectivity index (χ4v) is 5.76. The highest BCUT2D eigenvalue weighted by Gasteiger charge is 2.33. The lowest BCUT2D eigenvalue weighted by Gasteiger charge is -2.24. The molecule has 8 nitrogen and oxygen atoms in total. The van der Waals surface area contributed by atoms with Gasteiger partial charge in [0.25, 0.3) is 5.56 Å². The molecular formula is C33H32N2O6S. The molecule has 1 aliphatic rings. The summed E-state index contributed by atoms with van der Waals surface area (Å²) in [4.78, 5) is 44.2. The molecule has 0 amide bonds. The van der Waals surface area contributed by atoms with Crippen molar-refractivity contribution in [3.05, 3.63) is 114 Å². The summed E-state index contributed by atoms with van der Waals surface area (Å²) in [6.45, 7) is 8.15. The second-order valence-corrected chi connectivity index (χ2v) is 11.0. The third kappa shape index (κ3) is 5.92. The number of carbonyl (C=O) groups excluding carboxylic acids is 2. The molecule has 0 saturated heterocycles. The zero-order valence-corrected chi connectivity index (χ0v) is 24.8. The summed E-state index contributed by atoms with van der Waals surface area (Å²) < 4.78 is 18.7. The number of rotatable bonds is 9. The SMILES string of the molecule is CCCCOC(=O)c1ccc(-c2ccc(/C=c3\sc4n(c3=O)[C@@H](c3ccc(C)cc3)C(C(=O)OCC)=C(C)N=4)o2)cc1. The van der Waals surface area contributed by atoms with Gasteiger partial charge in [-0.3, -0.25) is 9.36 Å². The van der Waals surface area contributed by atoms with E-state index < -0.39 is 12.0 Å². The van der Waals surface area contributed by atoms with Crippen LogP contribution in [0.2, 0.25) is 0 Å². The Morgan fingerprint density at radius 2 is 1.71 bits per heavy atom. The number of benzene rings is 2. The van der Waals surface area contributed by atoms with Gasteiger partial charge >= 0.3 is 11.9 Å². The van der Waals surface area contributed by atoms with Gasteiger partial charge in [0.05, 0.1) is 40.6 Å². The van der Waals surface area contributed by atoms with Gasteiger partial charge in [0.1, 0.15) is 11.5 Å². The number of hydrogen-bond acceptors (Lipinski definition) is 8. The number of nitrogens with zero attached hydrogens (tertiary/aromatic N) is 2. The average Bonchev–Trinajstić information content (AvgIpc) is 3.57. The van der Waals surface area contributed by atoms with E-state index in [2.05, 4.69) is 4.99 Å². The van der Waals surface area contributed by atoms with Crippen molar-refractivity contribution in [3.63, 3.8) is 0 Å². The van der Waals surface area contributed by atoms with Gasteiger partial charge in [0.15, 0.2) is 4.80 Å². The van der Waals surface area contributed by atoms with Crippen LogP contribution in [0.5, 0.6) is 0 Å². The highest BCUT2D eigenvalue weighted by Crippen LogP contribution is 2.31. The fraction of sp³-hybridized carbons (Fsp3) is 0.273. The molecule has 0 fully saturated rings. The van der Waals surface area contributed by atoms with E-state index in [-0.39, 0.29) is 18.1 Å². The van der Waals surface area contributed by atoms with Crippen molar-refractivity contribution < 1.29 is 23.5 Å². The van der Waals surface area contributed by atoms with Crippen molar-refractivity contribution in [1.29, 1.82) is 0 Å². The Balaban J connectivity index is 1.48. The maximum Gasteiger partial charge on any atom is 0.338 e. The zero-order chi connectivity index (χ0) is 29.8. The molecule has 5 rings (SSSR count). The van der Waals surface area contributed by atoms with E-state index >= 15 is 0 Å². The molecule has 0 radical (unpaired) electrons. The molecule has 0 bridgehead atoms. The lowest BCUT2D eigenvalue weighted by Crippen LogP contribution is -2.39. The zero-order valence-electron chi connectivity index (χ0n) is 24.0. The van der Waals surface area contributed by atoms with E-state index in [1.165, 1.54) is 11.3 Å². The van der Waals surface area contributed by atoms with Crippen molar-refractivity contribution in [2.45, 2.75) is 46.6 Å². The Labute approximate surface area is 247 Å². The Bertz CT molecular complexity index is 1820. The van der Waals surface area contributed by atoms with Crippen LogP contribution in [0.1, 0.15) is 66.9 Å². The molecule has 1 aliphatic heterocycles. The average molecular weight is 585 g/mol. The maximum absolute atomic E-state index is 13.8. The lowest BCUT2D eigenvalue weighted by molar-refractivity contribution is -0.139. The smallest absolute Gasteiger partial charge is 0.338 e. The number of aromatic nitrogens is 1.